The SMILES string of the molecule is COc1ccc(CN(C2CCCCC2)C2CC2)c(Br)c1OC. The first-order chi connectivity index (χ1) is 10.7. The molecule has 2 aliphatic rings. The highest BCUT2D eigenvalue weighted by Crippen LogP contribution is 2.40. The summed E-state index contributed by atoms with van der Waals surface area (Å²) >= 11 is 3.72. The number of rotatable bonds is 6. The number of halogens is 1. The van der Waals surface area contributed by atoms with Crippen molar-refractivity contribution in [3.05, 3.63) is 22.2 Å². The zero-order valence-electron chi connectivity index (χ0n) is 13.6. The van der Waals surface area contributed by atoms with Gasteiger partial charge in [-0.1, -0.05) is 25.3 Å². The summed E-state index contributed by atoms with van der Waals surface area (Å²) in [4.78, 5) is 2.74. The first-order valence-corrected chi connectivity index (χ1v) is 9.19. The summed E-state index contributed by atoms with van der Waals surface area (Å²) in [6, 6.07) is 5.75. The van der Waals surface area contributed by atoms with Crippen LogP contribution < -0.4 is 9.47 Å². The van der Waals surface area contributed by atoms with Gasteiger partial charge in [0.05, 0.1) is 18.7 Å². The molecule has 3 nitrogen and oxygen atoms in total. The molecule has 0 saturated heterocycles. The second kappa shape index (κ2) is 7.22. The molecular weight excluding hydrogens is 342 g/mol. The van der Waals surface area contributed by atoms with Crippen molar-refractivity contribution >= 4 is 15.9 Å². The first kappa shape index (κ1) is 16.1. The van der Waals surface area contributed by atoms with Gasteiger partial charge >= 0.3 is 0 Å². The van der Waals surface area contributed by atoms with Crippen LogP contribution in [0, 0.1) is 0 Å². The molecule has 1 aromatic carbocycles. The highest BCUT2D eigenvalue weighted by molar-refractivity contribution is 9.10. The van der Waals surface area contributed by atoms with Crippen molar-refractivity contribution < 1.29 is 9.47 Å². The monoisotopic (exact) mass is 367 g/mol. The van der Waals surface area contributed by atoms with Crippen LogP contribution in [0.4, 0.5) is 0 Å². The highest BCUT2D eigenvalue weighted by Gasteiger charge is 2.34. The molecule has 3 rings (SSSR count). The molecule has 0 unspecified atom stereocenters. The summed E-state index contributed by atoms with van der Waals surface area (Å²) in [5.74, 6) is 1.59. The second-order valence-electron chi connectivity index (χ2n) is 6.47. The highest BCUT2D eigenvalue weighted by atomic mass is 79.9. The fraction of sp³-hybridized carbons (Fsp3) is 0.667. The topological polar surface area (TPSA) is 21.7 Å². The Morgan fingerprint density at radius 1 is 1.00 bits per heavy atom. The van der Waals surface area contributed by atoms with E-state index in [1.165, 1.54) is 50.5 Å². The van der Waals surface area contributed by atoms with Gasteiger partial charge in [0, 0.05) is 18.6 Å². The predicted molar refractivity (Wildman–Crippen MR) is 92.7 cm³/mol. The van der Waals surface area contributed by atoms with Crippen molar-refractivity contribution in [2.75, 3.05) is 14.2 Å². The van der Waals surface area contributed by atoms with E-state index in [9.17, 15) is 0 Å². The van der Waals surface area contributed by atoms with Gasteiger partial charge in [-0.2, -0.15) is 0 Å². The van der Waals surface area contributed by atoms with E-state index in [0.717, 1.165) is 34.6 Å². The minimum atomic E-state index is 0.765. The molecular formula is C18H26BrNO2. The maximum atomic E-state index is 5.52. The molecule has 2 aliphatic carbocycles. The summed E-state index contributed by atoms with van der Waals surface area (Å²) in [5, 5.41) is 0. The molecule has 2 fully saturated rings. The molecule has 0 N–H and O–H groups in total. The third-order valence-corrected chi connectivity index (χ3v) is 5.85. The molecule has 0 heterocycles. The van der Waals surface area contributed by atoms with E-state index in [1.54, 1.807) is 14.2 Å². The lowest BCUT2D eigenvalue weighted by Gasteiger charge is -2.35. The van der Waals surface area contributed by atoms with Gasteiger partial charge in [0.15, 0.2) is 11.5 Å². The molecule has 1 aromatic rings. The molecule has 0 atom stereocenters. The van der Waals surface area contributed by atoms with E-state index in [4.69, 9.17) is 9.47 Å². The maximum Gasteiger partial charge on any atom is 0.175 e. The molecule has 0 aliphatic heterocycles. The van der Waals surface area contributed by atoms with E-state index in [2.05, 4.69) is 26.9 Å². The average Bonchev–Trinajstić information content (AvgIpc) is 3.39. The normalized spacial score (nSPS) is 19.5. The predicted octanol–water partition coefficient (Wildman–Crippen LogP) is 4.76. The van der Waals surface area contributed by atoms with E-state index in [1.807, 2.05) is 6.07 Å². The molecule has 0 bridgehead atoms. The Hall–Kier alpha value is -0.740. The lowest BCUT2D eigenvalue weighted by atomic mass is 9.93. The number of benzene rings is 1. The fourth-order valence-electron chi connectivity index (χ4n) is 3.62. The largest absolute Gasteiger partial charge is 0.493 e. The van der Waals surface area contributed by atoms with E-state index in [0.29, 0.717) is 0 Å². The van der Waals surface area contributed by atoms with Gasteiger partial charge in [0.25, 0.3) is 0 Å². The summed E-state index contributed by atoms with van der Waals surface area (Å²) in [7, 11) is 3.38. The third kappa shape index (κ3) is 3.43. The number of hydrogen-bond acceptors (Lipinski definition) is 3. The summed E-state index contributed by atoms with van der Waals surface area (Å²) in [5.41, 5.74) is 1.30. The Balaban J connectivity index is 1.80. The molecule has 0 spiro atoms. The van der Waals surface area contributed by atoms with Crippen molar-refractivity contribution in [2.24, 2.45) is 0 Å². The van der Waals surface area contributed by atoms with Gasteiger partial charge in [-0.05, 0) is 53.2 Å². The molecule has 2 saturated carbocycles. The Morgan fingerprint density at radius 2 is 1.68 bits per heavy atom. The van der Waals surface area contributed by atoms with Crippen LogP contribution in [0.3, 0.4) is 0 Å². The fourth-order valence-corrected chi connectivity index (χ4v) is 4.24. The van der Waals surface area contributed by atoms with Crippen molar-refractivity contribution in [1.82, 2.24) is 4.90 Å². The number of ether oxygens (including phenoxy) is 2. The van der Waals surface area contributed by atoms with Crippen molar-refractivity contribution in [3.8, 4) is 11.5 Å². The minimum absolute atomic E-state index is 0.765. The van der Waals surface area contributed by atoms with Crippen molar-refractivity contribution in [1.29, 1.82) is 0 Å². The van der Waals surface area contributed by atoms with Crippen LogP contribution in [-0.4, -0.2) is 31.2 Å². The zero-order chi connectivity index (χ0) is 15.5. The molecule has 122 valence electrons. The van der Waals surface area contributed by atoms with Crippen LogP contribution in [-0.2, 0) is 6.54 Å². The van der Waals surface area contributed by atoms with Crippen LogP contribution in [0.2, 0.25) is 0 Å². The van der Waals surface area contributed by atoms with E-state index < -0.39 is 0 Å². The Labute approximate surface area is 142 Å². The van der Waals surface area contributed by atoms with Gasteiger partial charge < -0.3 is 9.47 Å². The van der Waals surface area contributed by atoms with Gasteiger partial charge in [0.1, 0.15) is 0 Å². The second-order valence-corrected chi connectivity index (χ2v) is 7.26. The Kier molecular flexibility index (Phi) is 5.29. The molecule has 0 radical (unpaired) electrons. The zero-order valence-corrected chi connectivity index (χ0v) is 15.2. The Bertz CT molecular complexity index is 510. The van der Waals surface area contributed by atoms with Crippen LogP contribution in [0.5, 0.6) is 11.5 Å². The molecule has 22 heavy (non-hydrogen) atoms. The van der Waals surface area contributed by atoms with Crippen LogP contribution in [0.1, 0.15) is 50.5 Å². The number of methoxy groups -OCH3 is 2. The van der Waals surface area contributed by atoms with Crippen molar-refractivity contribution in [3.63, 3.8) is 0 Å². The van der Waals surface area contributed by atoms with Gasteiger partial charge in [-0.3, -0.25) is 4.90 Å². The smallest absolute Gasteiger partial charge is 0.175 e. The van der Waals surface area contributed by atoms with Crippen molar-refractivity contribution in [2.45, 2.75) is 63.6 Å². The van der Waals surface area contributed by atoms with Crippen LogP contribution in [0.25, 0.3) is 0 Å². The van der Waals surface area contributed by atoms with E-state index >= 15 is 0 Å². The van der Waals surface area contributed by atoms with Gasteiger partial charge in [-0.15, -0.1) is 0 Å². The Morgan fingerprint density at radius 3 is 2.27 bits per heavy atom. The molecule has 0 amide bonds. The lowest BCUT2D eigenvalue weighted by molar-refractivity contribution is 0.138. The number of hydrogen-bond donors (Lipinski definition) is 0. The third-order valence-electron chi connectivity index (χ3n) is 4.98. The standard InChI is InChI=1S/C18H26BrNO2/c1-21-16-11-8-13(17(19)18(16)22-2)12-20(15-9-10-15)14-6-4-3-5-7-14/h8,11,14-15H,3-7,9-10,12H2,1-2H3. The maximum absolute atomic E-state index is 5.52. The van der Waals surface area contributed by atoms with E-state index in [-0.39, 0.29) is 0 Å². The summed E-state index contributed by atoms with van der Waals surface area (Å²) in [6.07, 6.45) is 9.64. The first-order valence-electron chi connectivity index (χ1n) is 8.39. The van der Waals surface area contributed by atoms with Gasteiger partial charge in [-0.25, -0.2) is 0 Å². The number of nitrogens with zero attached hydrogens (tertiary/aromatic N) is 1. The molecule has 4 heteroatoms. The lowest BCUT2D eigenvalue weighted by Crippen LogP contribution is -2.38. The summed E-state index contributed by atoms with van der Waals surface area (Å²) in [6.45, 7) is 1.01. The summed E-state index contributed by atoms with van der Waals surface area (Å²) < 4.78 is 11.9. The minimum Gasteiger partial charge on any atom is -0.493 e. The van der Waals surface area contributed by atoms with Gasteiger partial charge in [0.2, 0.25) is 0 Å². The average molecular weight is 368 g/mol. The van der Waals surface area contributed by atoms with Crippen LogP contribution in [0.15, 0.2) is 16.6 Å². The van der Waals surface area contributed by atoms with Crippen LogP contribution >= 0.6 is 15.9 Å². The molecule has 0 aromatic heterocycles. The quantitative estimate of drug-likeness (QED) is 0.722.